The van der Waals surface area contributed by atoms with Gasteiger partial charge in [-0.3, -0.25) is 0 Å². The third-order valence-electron chi connectivity index (χ3n) is 4.19. The maximum atomic E-state index is 12.3. The predicted molar refractivity (Wildman–Crippen MR) is 87.2 cm³/mol. The Morgan fingerprint density at radius 2 is 1.76 bits per heavy atom. The molecular formula is C16H27NO3S. The Hall–Kier alpha value is -0.910. The van der Waals surface area contributed by atoms with Gasteiger partial charge in [0.15, 0.2) is 9.84 Å². The lowest BCUT2D eigenvalue weighted by Gasteiger charge is -2.33. The fourth-order valence-corrected chi connectivity index (χ4v) is 3.65. The van der Waals surface area contributed by atoms with Gasteiger partial charge in [-0.1, -0.05) is 24.3 Å². The number of hydrogen-bond acceptors (Lipinski definition) is 4. The summed E-state index contributed by atoms with van der Waals surface area (Å²) in [7, 11) is -3.24. The van der Waals surface area contributed by atoms with Crippen LogP contribution in [0.4, 0.5) is 0 Å². The van der Waals surface area contributed by atoms with Crippen molar-refractivity contribution < 1.29 is 13.5 Å². The van der Waals surface area contributed by atoms with Gasteiger partial charge in [-0.2, -0.15) is 0 Å². The Bertz CT molecular complexity index is 569. The van der Waals surface area contributed by atoms with E-state index in [0.29, 0.717) is 6.42 Å². The Morgan fingerprint density at radius 1 is 1.19 bits per heavy atom. The van der Waals surface area contributed by atoms with E-state index in [1.807, 2.05) is 31.2 Å². The number of aliphatic hydroxyl groups is 1. The van der Waals surface area contributed by atoms with Gasteiger partial charge in [-0.05, 0) is 45.2 Å². The summed E-state index contributed by atoms with van der Waals surface area (Å²) in [5, 5.41) is 9.88. The van der Waals surface area contributed by atoms with Gasteiger partial charge in [0.25, 0.3) is 0 Å². The summed E-state index contributed by atoms with van der Waals surface area (Å²) in [6.45, 7) is 7.09. The lowest BCUT2D eigenvalue weighted by molar-refractivity contribution is 0.192. The van der Waals surface area contributed by atoms with Crippen molar-refractivity contribution in [2.24, 2.45) is 5.73 Å². The number of hydrogen-bond donors (Lipinski definition) is 2. The minimum Gasteiger partial charge on any atom is -0.395 e. The molecule has 5 heteroatoms. The van der Waals surface area contributed by atoms with Crippen molar-refractivity contribution in [3.05, 3.63) is 35.4 Å². The van der Waals surface area contributed by atoms with Gasteiger partial charge in [-0.25, -0.2) is 8.42 Å². The molecule has 0 bridgehead atoms. The van der Waals surface area contributed by atoms with Crippen molar-refractivity contribution in [2.75, 3.05) is 18.9 Å². The average molecular weight is 313 g/mol. The Labute approximate surface area is 128 Å². The zero-order valence-corrected chi connectivity index (χ0v) is 14.2. The first-order valence-electron chi connectivity index (χ1n) is 7.19. The maximum Gasteiger partial charge on any atom is 0.155 e. The van der Waals surface area contributed by atoms with Gasteiger partial charge in [0, 0.05) is 12.0 Å². The molecule has 0 fully saturated rings. The van der Waals surface area contributed by atoms with Crippen LogP contribution in [-0.4, -0.2) is 37.2 Å². The molecule has 1 rings (SSSR count). The van der Waals surface area contributed by atoms with Crippen molar-refractivity contribution in [3.63, 3.8) is 0 Å². The van der Waals surface area contributed by atoms with Gasteiger partial charge >= 0.3 is 0 Å². The largest absolute Gasteiger partial charge is 0.395 e. The van der Waals surface area contributed by atoms with Crippen LogP contribution in [0.15, 0.2) is 24.3 Å². The van der Waals surface area contributed by atoms with E-state index in [-0.39, 0.29) is 18.9 Å². The second-order valence-electron chi connectivity index (χ2n) is 6.64. The third-order valence-corrected chi connectivity index (χ3v) is 6.80. The van der Waals surface area contributed by atoms with Crippen molar-refractivity contribution in [2.45, 2.75) is 44.3 Å². The lowest BCUT2D eigenvalue weighted by Crippen LogP contribution is -2.42. The van der Waals surface area contributed by atoms with Crippen LogP contribution >= 0.6 is 0 Å². The topological polar surface area (TPSA) is 80.4 Å². The molecule has 1 unspecified atom stereocenters. The fourth-order valence-electron chi connectivity index (χ4n) is 2.38. The highest BCUT2D eigenvalue weighted by molar-refractivity contribution is 7.92. The van der Waals surface area contributed by atoms with Crippen LogP contribution in [0.2, 0.25) is 0 Å². The van der Waals surface area contributed by atoms with Crippen molar-refractivity contribution in [1.29, 1.82) is 0 Å². The SMILES string of the molecule is Cc1ccccc1C(CN)(CO)CCS(=O)(=O)C(C)(C)C. The van der Waals surface area contributed by atoms with Gasteiger partial charge in [0.2, 0.25) is 0 Å². The van der Waals surface area contributed by atoms with Crippen molar-refractivity contribution in [1.82, 2.24) is 0 Å². The lowest BCUT2D eigenvalue weighted by atomic mass is 9.77. The molecule has 0 aliphatic rings. The molecule has 3 N–H and O–H groups in total. The molecular weight excluding hydrogens is 286 g/mol. The van der Waals surface area contributed by atoms with Crippen LogP contribution in [0.3, 0.4) is 0 Å². The molecule has 0 saturated heterocycles. The van der Waals surface area contributed by atoms with E-state index in [9.17, 15) is 13.5 Å². The van der Waals surface area contributed by atoms with Crippen LogP contribution in [0, 0.1) is 6.92 Å². The highest BCUT2D eigenvalue weighted by atomic mass is 32.2. The van der Waals surface area contributed by atoms with Gasteiger partial charge in [-0.15, -0.1) is 0 Å². The second kappa shape index (κ2) is 6.46. The monoisotopic (exact) mass is 313 g/mol. The Balaban J connectivity index is 3.12. The summed E-state index contributed by atoms with van der Waals surface area (Å²) in [5.41, 5.74) is 7.15. The van der Waals surface area contributed by atoms with Crippen LogP contribution in [0.1, 0.15) is 38.3 Å². The molecule has 4 nitrogen and oxygen atoms in total. The molecule has 120 valence electrons. The molecule has 0 heterocycles. The van der Waals surface area contributed by atoms with Crippen molar-refractivity contribution >= 4 is 9.84 Å². The summed E-state index contributed by atoms with van der Waals surface area (Å²) in [5.74, 6) is 0.0165. The van der Waals surface area contributed by atoms with Crippen LogP contribution in [-0.2, 0) is 15.3 Å². The number of aliphatic hydroxyl groups excluding tert-OH is 1. The fraction of sp³-hybridized carbons (Fsp3) is 0.625. The standard InChI is InChI=1S/C16H27NO3S/c1-13-7-5-6-8-14(13)16(11-17,12-18)9-10-21(19,20)15(2,3)4/h5-8,18H,9-12,17H2,1-4H3. The first-order valence-corrected chi connectivity index (χ1v) is 8.84. The zero-order valence-electron chi connectivity index (χ0n) is 13.4. The summed E-state index contributed by atoms with van der Waals surface area (Å²) in [6, 6.07) is 7.68. The molecule has 0 aliphatic carbocycles. The summed E-state index contributed by atoms with van der Waals surface area (Å²) >= 11 is 0. The maximum absolute atomic E-state index is 12.3. The van der Waals surface area contributed by atoms with E-state index < -0.39 is 20.0 Å². The van der Waals surface area contributed by atoms with Gasteiger partial charge in [0.05, 0.1) is 17.1 Å². The van der Waals surface area contributed by atoms with Crippen LogP contribution in [0.5, 0.6) is 0 Å². The smallest absolute Gasteiger partial charge is 0.155 e. The molecule has 1 aromatic carbocycles. The number of sulfone groups is 1. The normalized spacial score (nSPS) is 15.7. The minimum absolute atomic E-state index is 0.0165. The Kier molecular flexibility index (Phi) is 5.58. The number of aryl methyl sites for hydroxylation is 1. The van der Waals surface area contributed by atoms with E-state index in [0.717, 1.165) is 11.1 Å². The van der Waals surface area contributed by atoms with Crippen LogP contribution in [0.25, 0.3) is 0 Å². The van der Waals surface area contributed by atoms with Crippen molar-refractivity contribution in [3.8, 4) is 0 Å². The molecule has 0 amide bonds. The quantitative estimate of drug-likeness (QED) is 0.839. The molecule has 1 aromatic rings. The molecule has 21 heavy (non-hydrogen) atoms. The number of nitrogens with two attached hydrogens (primary N) is 1. The summed E-state index contributed by atoms with van der Waals surface area (Å²) < 4.78 is 23.9. The van der Waals surface area contributed by atoms with E-state index in [2.05, 4.69) is 0 Å². The third kappa shape index (κ3) is 3.84. The number of benzene rings is 1. The second-order valence-corrected chi connectivity index (χ2v) is 9.50. The summed E-state index contributed by atoms with van der Waals surface area (Å²) in [4.78, 5) is 0. The molecule has 0 radical (unpaired) electrons. The first-order chi connectivity index (χ1) is 9.59. The average Bonchev–Trinajstić information content (AvgIpc) is 2.41. The Morgan fingerprint density at radius 3 is 2.19 bits per heavy atom. The van der Waals surface area contributed by atoms with E-state index in [1.54, 1.807) is 20.8 Å². The first kappa shape index (κ1) is 18.1. The molecule has 0 saturated carbocycles. The van der Waals surface area contributed by atoms with E-state index >= 15 is 0 Å². The van der Waals surface area contributed by atoms with Gasteiger partial charge in [0.1, 0.15) is 0 Å². The zero-order chi connectivity index (χ0) is 16.3. The molecule has 0 aliphatic heterocycles. The van der Waals surface area contributed by atoms with E-state index in [1.165, 1.54) is 0 Å². The predicted octanol–water partition coefficient (Wildman–Crippen LogP) is 1.79. The molecule has 0 spiro atoms. The highest BCUT2D eigenvalue weighted by Crippen LogP contribution is 2.31. The van der Waals surface area contributed by atoms with E-state index in [4.69, 9.17) is 5.73 Å². The summed E-state index contributed by atoms with van der Waals surface area (Å²) in [6.07, 6.45) is 0.324. The minimum atomic E-state index is -3.24. The highest BCUT2D eigenvalue weighted by Gasteiger charge is 2.36. The van der Waals surface area contributed by atoms with Crippen LogP contribution < -0.4 is 5.73 Å². The molecule has 1 atom stereocenters. The van der Waals surface area contributed by atoms with Gasteiger partial charge < -0.3 is 10.8 Å². The molecule has 0 aromatic heterocycles. The number of rotatable bonds is 6.